The number of rotatable bonds is 6. The van der Waals surface area contributed by atoms with Crippen molar-refractivity contribution in [1.29, 1.82) is 0 Å². The van der Waals surface area contributed by atoms with Crippen molar-refractivity contribution in [3.63, 3.8) is 0 Å². The maximum atomic E-state index is 6.49. The molecule has 1 spiro atoms. The second-order valence-corrected chi connectivity index (χ2v) is 8.69. The lowest BCUT2D eigenvalue weighted by molar-refractivity contribution is 0.0322. The zero-order valence-corrected chi connectivity index (χ0v) is 18.2. The van der Waals surface area contributed by atoms with Gasteiger partial charge >= 0.3 is 0 Å². The summed E-state index contributed by atoms with van der Waals surface area (Å²) in [5.74, 6) is 0.796. The van der Waals surface area contributed by atoms with Gasteiger partial charge in [-0.2, -0.15) is 0 Å². The first-order chi connectivity index (χ1) is 13.2. The highest BCUT2D eigenvalue weighted by molar-refractivity contribution is 6.32. The summed E-state index contributed by atoms with van der Waals surface area (Å²) >= 11 is 6.49. The molecule has 0 aliphatic carbocycles. The number of ether oxygens (including phenoxy) is 2. The molecular weight excluding hydrogens is 397 g/mol. The van der Waals surface area contributed by atoms with Gasteiger partial charge in [-0.1, -0.05) is 17.7 Å². The van der Waals surface area contributed by atoms with Gasteiger partial charge in [0.25, 0.3) is 0 Å². The van der Waals surface area contributed by atoms with E-state index in [1.807, 2.05) is 6.07 Å². The Morgan fingerprint density at radius 1 is 1.07 bits per heavy atom. The van der Waals surface area contributed by atoms with Crippen molar-refractivity contribution in [2.45, 2.75) is 25.8 Å². The smallest absolute Gasteiger partial charge is 0.137 e. The Balaban J connectivity index is 0.00000225. The first kappa shape index (κ1) is 22.1. The maximum absolute atomic E-state index is 6.49. The number of halogens is 2. The van der Waals surface area contributed by atoms with Gasteiger partial charge in [0.05, 0.1) is 18.2 Å². The summed E-state index contributed by atoms with van der Waals surface area (Å²) in [7, 11) is 0. The Hall–Kier alpha value is -0.560. The van der Waals surface area contributed by atoms with Gasteiger partial charge in [0.15, 0.2) is 0 Å². The molecule has 1 aromatic rings. The molecule has 0 radical (unpaired) electrons. The fourth-order valence-electron chi connectivity index (χ4n) is 4.66. The van der Waals surface area contributed by atoms with E-state index in [4.69, 9.17) is 21.1 Å². The maximum Gasteiger partial charge on any atom is 0.137 e. The van der Waals surface area contributed by atoms with Crippen LogP contribution in [0.4, 0.5) is 0 Å². The molecule has 0 bridgehead atoms. The van der Waals surface area contributed by atoms with Crippen LogP contribution < -0.4 is 10.1 Å². The van der Waals surface area contributed by atoms with E-state index in [1.165, 1.54) is 51.0 Å². The molecule has 3 aliphatic rings. The number of hydrogen-bond acceptors (Lipinski definition) is 5. The van der Waals surface area contributed by atoms with Crippen LogP contribution >= 0.6 is 24.0 Å². The minimum absolute atomic E-state index is 0. The van der Waals surface area contributed by atoms with Gasteiger partial charge in [-0.15, -0.1) is 12.4 Å². The van der Waals surface area contributed by atoms with Crippen molar-refractivity contribution < 1.29 is 9.47 Å². The van der Waals surface area contributed by atoms with Crippen LogP contribution in [0.1, 0.15) is 24.8 Å². The predicted octanol–water partition coefficient (Wildman–Crippen LogP) is 3.05. The standard InChI is InChI=1S/C21H32ClN3O2.ClH/c22-19-15-18(16-25-8-5-21(17-25)3-6-23-7-4-21)1-2-20(19)27-14-11-24-9-12-26-13-10-24;/h1-2,15,23H,3-14,16-17H2;1H. The average molecular weight is 430 g/mol. The second kappa shape index (κ2) is 10.5. The van der Waals surface area contributed by atoms with E-state index in [-0.39, 0.29) is 12.4 Å². The van der Waals surface area contributed by atoms with E-state index >= 15 is 0 Å². The van der Waals surface area contributed by atoms with Crippen LogP contribution in [0.3, 0.4) is 0 Å². The first-order valence-corrected chi connectivity index (χ1v) is 10.7. The molecule has 158 valence electrons. The normalized spacial score (nSPS) is 22.9. The largest absolute Gasteiger partial charge is 0.491 e. The molecule has 0 amide bonds. The summed E-state index contributed by atoms with van der Waals surface area (Å²) in [6, 6.07) is 6.29. The van der Waals surface area contributed by atoms with Crippen LogP contribution in [0, 0.1) is 5.41 Å². The second-order valence-electron chi connectivity index (χ2n) is 8.28. The SMILES string of the molecule is Cl.Clc1cc(CN2CCC3(CCNCC3)C2)ccc1OCCN1CCOCC1. The number of likely N-dealkylation sites (tertiary alicyclic amines) is 1. The zero-order valence-electron chi connectivity index (χ0n) is 16.6. The van der Waals surface area contributed by atoms with Gasteiger partial charge < -0.3 is 14.8 Å². The van der Waals surface area contributed by atoms with E-state index < -0.39 is 0 Å². The summed E-state index contributed by atoms with van der Waals surface area (Å²) < 4.78 is 11.3. The molecule has 3 aliphatic heterocycles. The summed E-state index contributed by atoms with van der Waals surface area (Å²) in [4.78, 5) is 4.96. The van der Waals surface area contributed by atoms with E-state index in [0.29, 0.717) is 12.0 Å². The van der Waals surface area contributed by atoms with Gasteiger partial charge in [-0.05, 0) is 62.0 Å². The molecule has 4 rings (SSSR count). The number of morpholine rings is 1. The fraction of sp³-hybridized carbons (Fsp3) is 0.714. The molecule has 1 N–H and O–H groups in total. The fourth-order valence-corrected chi connectivity index (χ4v) is 4.91. The van der Waals surface area contributed by atoms with Crippen LogP contribution in [-0.4, -0.2) is 75.4 Å². The summed E-state index contributed by atoms with van der Waals surface area (Å²) in [6.07, 6.45) is 3.98. The molecule has 5 nitrogen and oxygen atoms in total. The average Bonchev–Trinajstić information content (AvgIpc) is 3.06. The highest BCUT2D eigenvalue weighted by Gasteiger charge is 2.38. The van der Waals surface area contributed by atoms with Crippen molar-refractivity contribution >= 4 is 24.0 Å². The minimum Gasteiger partial charge on any atom is -0.491 e. The van der Waals surface area contributed by atoms with Crippen LogP contribution in [0.2, 0.25) is 5.02 Å². The van der Waals surface area contributed by atoms with E-state index in [0.717, 1.165) is 50.2 Å². The molecule has 1 aromatic carbocycles. The monoisotopic (exact) mass is 429 g/mol. The van der Waals surface area contributed by atoms with Gasteiger partial charge in [0, 0.05) is 32.7 Å². The number of nitrogens with one attached hydrogen (secondary N) is 1. The molecule has 3 heterocycles. The van der Waals surface area contributed by atoms with Crippen molar-refractivity contribution in [2.24, 2.45) is 5.41 Å². The topological polar surface area (TPSA) is 37.0 Å². The molecule has 28 heavy (non-hydrogen) atoms. The number of nitrogens with zero attached hydrogens (tertiary/aromatic N) is 2. The highest BCUT2D eigenvalue weighted by Crippen LogP contribution is 2.39. The lowest BCUT2D eigenvalue weighted by Gasteiger charge is -2.34. The summed E-state index contributed by atoms with van der Waals surface area (Å²) in [5, 5.41) is 4.22. The Bertz CT molecular complexity index is 620. The lowest BCUT2D eigenvalue weighted by Crippen LogP contribution is -2.38. The number of hydrogen-bond donors (Lipinski definition) is 1. The molecule has 3 saturated heterocycles. The molecule has 0 saturated carbocycles. The third-order valence-corrected chi connectivity index (χ3v) is 6.65. The van der Waals surface area contributed by atoms with Crippen molar-refractivity contribution in [3.8, 4) is 5.75 Å². The third-order valence-electron chi connectivity index (χ3n) is 6.35. The molecule has 3 fully saturated rings. The number of piperidine rings is 1. The molecule has 0 atom stereocenters. The number of benzene rings is 1. The molecule has 7 heteroatoms. The molecular formula is C21H33Cl2N3O2. The summed E-state index contributed by atoms with van der Waals surface area (Å²) in [6.45, 7) is 11.0. The van der Waals surface area contributed by atoms with Crippen molar-refractivity contribution in [3.05, 3.63) is 28.8 Å². The van der Waals surface area contributed by atoms with Crippen LogP contribution in [0.5, 0.6) is 5.75 Å². The van der Waals surface area contributed by atoms with Crippen molar-refractivity contribution in [1.82, 2.24) is 15.1 Å². The Morgan fingerprint density at radius 3 is 2.61 bits per heavy atom. The van der Waals surface area contributed by atoms with E-state index in [2.05, 4.69) is 27.2 Å². The Labute approximate surface area is 180 Å². The molecule has 0 aromatic heterocycles. The minimum atomic E-state index is 0. The van der Waals surface area contributed by atoms with E-state index in [1.54, 1.807) is 0 Å². The van der Waals surface area contributed by atoms with E-state index in [9.17, 15) is 0 Å². The molecule has 0 unspecified atom stereocenters. The van der Waals surface area contributed by atoms with Gasteiger partial charge in [-0.25, -0.2) is 0 Å². The highest BCUT2D eigenvalue weighted by atomic mass is 35.5. The third kappa shape index (κ3) is 5.74. The van der Waals surface area contributed by atoms with Crippen molar-refractivity contribution in [2.75, 3.05) is 65.6 Å². The first-order valence-electron chi connectivity index (χ1n) is 10.4. The zero-order chi connectivity index (χ0) is 18.5. The van der Waals surface area contributed by atoms with Gasteiger partial charge in [0.1, 0.15) is 12.4 Å². The van der Waals surface area contributed by atoms with Gasteiger partial charge in [-0.3, -0.25) is 9.80 Å². The summed E-state index contributed by atoms with van der Waals surface area (Å²) in [5.41, 5.74) is 1.84. The quantitative estimate of drug-likeness (QED) is 0.751. The van der Waals surface area contributed by atoms with Crippen LogP contribution in [0.15, 0.2) is 18.2 Å². The Kier molecular flexibility index (Phi) is 8.27. The van der Waals surface area contributed by atoms with Crippen LogP contribution in [-0.2, 0) is 11.3 Å². The van der Waals surface area contributed by atoms with Gasteiger partial charge in [0.2, 0.25) is 0 Å². The lowest BCUT2D eigenvalue weighted by atomic mass is 9.78. The predicted molar refractivity (Wildman–Crippen MR) is 116 cm³/mol. The van der Waals surface area contributed by atoms with Crippen LogP contribution in [0.25, 0.3) is 0 Å². The Morgan fingerprint density at radius 2 is 1.86 bits per heavy atom.